The van der Waals surface area contributed by atoms with E-state index in [0.29, 0.717) is 24.4 Å². The molecule has 2 amide bonds. The second-order valence-corrected chi connectivity index (χ2v) is 9.03. The average molecular weight is 443 g/mol. The molecule has 1 aliphatic rings. The quantitative estimate of drug-likeness (QED) is 0.578. The average Bonchev–Trinajstić information content (AvgIpc) is 2.83. The zero-order chi connectivity index (χ0) is 23.6. The van der Waals surface area contributed by atoms with Gasteiger partial charge >= 0.3 is 0 Å². The van der Waals surface area contributed by atoms with E-state index in [-0.39, 0.29) is 11.8 Å². The predicted octanol–water partition coefficient (Wildman–Crippen LogP) is 5.10. The van der Waals surface area contributed by atoms with Gasteiger partial charge in [-0.2, -0.15) is 0 Å². The summed E-state index contributed by atoms with van der Waals surface area (Å²) in [5, 5.41) is 3.05. The predicted molar refractivity (Wildman–Crippen MR) is 131 cm³/mol. The molecular formula is C28H30N2O3. The molecule has 0 unspecified atom stereocenters. The molecule has 4 rings (SSSR count). The molecule has 0 aliphatic carbocycles. The lowest BCUT2D eigenvalue weighted by Crippen LogP contribution is -2.63. The molecule has 1 N–H and O–H groups in total. The van der Waals surface area contributed by atoms with Gasteiger partial charge in [0.25, 0.3) is 5.91 Å². The summed E-state index contributed by atoms with van der Waals surface area (Å²) in [6.07, 6.45) is 0.435. The van der Waals surface area contributed by atoms with E-state index in [1.54, 1.807) is 12.0 Å². The van der Waals surface area contributed by atoms with E-state index in [1.165, 1.54) is 5.56 Å². The van der Waals surface area contributed by atoms with Gasteiger partial charge in [-0.25, -0.2) is 0 Å². The first kappa shape index (κ1) is 22.6. The smallest absolute Gasteiger partial charge is 0.259 e. The second-order valence-electron chi connectivity index (χ2n) is 9.03. The number of anilines is 1. The summed E-state index contributed by atoms with van der Waals surface area (Å²) in [7, 11) is 1.62. The number of carbonyl (C=O) groups excluding carboxylic acids is 2. The Kier molecular flexibility index (Phi) is 6.23. The minimum absolute atomic E-state index is 0.159. The molecule has 0 spiro atoms. The fraction of sp³-hybridized carbons (Fsp3) is 0.286. The molecule has 0 radical (unpaired) electrons. The number of rotatable bonds is 6. The fourth-order valence-electron chi connectivity index (χ4n) is 4.43. The molecule has 5 nitrogen and oxygen atoms in total. The van der Waals surface area contributed by atoms with Crippen LogP contribution < -0.4 is 15.0 Å². The van der Waals surface area contributed by atoms with Gasteiger partial charge in [0.1, 0.15) is 11.3 Å². The van der Waals surface area contributed by atoms with Gasteiger partial charge < -0.3 is 10.1 Å². The van der Waals surface area contributed by atoms with E-state index < -0.39 is 5.54 Å². The van der Waals surface area contributed by atoms with Crippen molar-refractivity contribution < 1.29 is 14.3 Å². The summed E-state index contributed by atoms with van der Waals surface area (Å²) < 4.78 is 5.29. The van der Waals surface area contributed by atoms with E-state index in [1.807, 2.05) is 79.7 Å². The number of benzene rings is 3. The standard InChI is InChI=1S/C28H30N2O3/c1-19(2)21-12-14-23(15-13-21)30-26(31)25-11-6-5-9-22(25)17-28(30,3)27(32)29-18-20-8-7-10-24(16-20)33-4/h5-16,19H,17-18H2,1-4H3,(H,29,32)/t28-/m0/s1. The molecule has 1 atom stereocenters. The van der Waals surface area contributed by atoms with Crippen molar-refractivity contribution in [2.45, 2.75) is 45.2 Å². The van der Waals surface area contributed by atoms with E-state index in [2.05, 4.69) is 19.2 Å². The number of nitrogens with one attached hydrogen (secondary N) is 1. The highest BCUT2D eigenvalue weighted by molar-refractivity contribution is 6.14. The lowest BCUT2D eigenvalue weighted by atomic mass is 9.82. The minimum atomic E-state index is -1.07. The highest BCUT2D eigenvalue weighted by atomic mass is 16.5. The maximum atomic E-state index is 13.6. The van der Waals surface area contributed by atoms with Crippen LogP contribution in [0.2, 0.25) is 0 Å². The Morgan fingerprint density at radius 3 is 2.48 bits per heavy atom. The number of hydrogen-bond donors (Lipinski definition) is 1. The van der Waals surface area contributed by atoms with Gasteiger partial charge in [-0.15, -0.1) is 0 Å². The Balaban J connectivity index is 1.68. The summed E-state index contributed by atoms with van der Waals surface area (Å²) in [6, 6.07) is 23.1. The van der Waals surface area contributed by atoms with Crippen molar-refractivity contribution >= 4 is 17.5 Å². The molecule has 0 saturated heterocycles. The van der Waals surface area contributed by atoms with Crippen molar-refractivity contribution in [1.29, 1.82) is 0 Å². The number of nitrogens with zero attached hydrogens (tertiary/aromatic N) is 1. The Bertz CT molecular complexity index is 1170. The molecular weight excluding hydrogens is 412 g/mol. The maximum absolute atomic E-state index is 13.6. The van der Waals surface area contributed by atoms with Crippen LogP contribution in [0.25, 0.3) is 0 Å². The molecule has 0 bridgehead atoms. The topological polar surface area (TPSA) is 58.6 Å². The van der Waals surface area contributed by atoms with Crippen LogP contribution in [-0.4, -0.2) is 24.5 Å². The van der Waals surface area contributed by atoms with Crippen LogP contribution in [0.1, 0.15) is 53.7 Å². The van der Waals surface area contributed by atoms with Gasteiger partial charge in [0.2, 0.25) is 5.91 Å². The van der Waals surface area contributed by atoms with E-state index in [0.717, 1.165) is 22.6 Å². The molecule has 0 fully saturated rings. The molecule has 1 heterocycles. The van der Waals surface area contributed by atoms with Crippen molar-refractivity contribution in [3.8, 4) is 5.75 Å². The van der Waals surface area contributed by atoms with Crippen LogP contribution >= 0.6 is 0 Å². The Hall–Kier alpha value is -3.60. The van der Waals surface area contributed by atoms with Crippen molar-refractivity contribution in [2.24, 2.45) is 0 Å². The third-order valence-corrected chi connectivity index (χ3v) is 6.37. The third kappa shape index (κ3) is 4.36. The van der Waals surface area contributed by atoms with Crippen LogP contribution in [0.5, 0.6) is 5.75 Å². The van der Waals surface area contributed by atoms with E-state index in [9.17, 15) is 9.59 Å². The summed E-state index contributed by atoms with van der Waals surface area (Å²) in [5.41, 5.74) is 3.30. The molecule has 170 valence electrons. The first-order valence-electron chi connectivity index (χ1n) is 11.3. The molecule has 5 heteroatoms. The van der Waals surface area contributed by atoms with Crippen LogP contribution in [0.3, 0.4) is 0 Å². The molecule has 3 aromatic rings. The third-order valence-electron chi connectivity index (χ3n) is 6.37. The summed E-state index contributed by atoms with van der Waals surface area (Å²) in [6.45, 7) is 6.46. The SMILES string of the molecule is COc1cccc(CNC(=O)[C@]2(C)Cc3ccccc3C(=O)N2c2ccc(C(C)C)cc2)c1. The summed E-state index contributed by atoms with van der Waals surface area (Å²) in [5.74, 6) is 0.769. The van der Waals surface area contributed by atoms with Crippen LogP contribution in [0.4, 0.5) is 5.69 Å². The van der Waals surface area contributed by atoms with E-state index >= 15 is 0 Å². The first-order valence-corrected chi connectivity index (χ1v) is 11.3. The second kappa shape index (κ2) is 9.10. The van der Waals surface area contributed by atoms with Crippen molar-refractivity contribution in [2.75, 3.05) is 12.0 Å². The number of carbonyl (C=O) groups is 2. The van der Waals surface area contributed by atoms with E-state index in [4.69, 9.17) is 4.74 Å². The number of fused-ring (bicyclic) bond motifs is 1. The molecule has 33 heavy (non-hydrogen) atoms. The number of hydrogen-bond acceptors (Lipinski definition) is 3. The largest absolute Gasteiger partial charge is 0.497 e. The zero-order valence-corrected chi connectivity index (χ0v) is 19.6. The molecule has 1 aliphatic heterocycles. The van der Waals surface area contributed by atoms with Gasteiger partial charge in [0.15, 0.2) is 0 Å². The highest BCUT2D eigenvalue weighted by Gasteiger charge is 2.47. The van der Waals surface area contributed by atoms with Gasteiger partial charge in [-0.3, -0.25) is 14.5 Å². The van der Waals surface area contributed by atoms with Gasteiger partial charge in [-0.05, 0) is 59.9 Å². The molecule has 3 aromatic carbocycles. The molecule has 0 saturated carbocycles. The summed E-state index contributed by atoms with van der Waals surface area (Å²) in [4.78, 5) is 28.9. The van der Waals surface area contributed by atoms with Gasteiger partial charge in [-0.1, -0.05) is 56.3 Å². The lowest BCUT2D eigenvalue weighted by molar-refractivity contribution is -0.126. The highest BCUT2D eigenvalue weighted by Crippen LogP contribution is 2.36. The lowest BCUT2D eigenvalue weighted by Gasteiger charge is -2.44. The summed E-state index contributed by atoms with van der Waals surface area (Å²) >= 11 is 0. The van der Waals surface area contributed by atoms with Gasteiger partial charge in [0, 0.05) is 24.2 Å². The Morgan fingerprint density at radius 2 is 1.79 bits per heavy atom. The Labute approximate surface area is 195 Å². The van der Waals surface area contributed by atoms with Crippen LogP contribution in [-0.2, 0) is 17.8 Å². The van der Waals surface area contributed by atoms with Crippen molar-refractivity contribution in [3.63, 3.8) is 0 Å². The molecule has 0 aromatic heterocycles. The zero-order valence-electron chi connectivity index (χ0n) is 19.6. The van der Waals surface area contributed by atoms with Crippen LogP contribution in [0.15, 0.2) is 72.8 Å². The van der Waals surface area contributed by atoms with Gasteiger partial charge in [0.05, 0.1) is 7.11 Å². The maximum Gasteiger partial charge on any atom is 0.259 e. The Morgan fingerprint density at radius 1 is 1.06 bits per heavy atom. The number of ether oxygens (including phenoxy) is 1. The first-order chi connectivity index (χ1) is 15.8. The van der Waals surface area contributed by atoms with Crippen molar-refractivity contribution in [3.05, 3.63) is 95.1 Å². The number of amides is 2. The monoisotopic (exact) mass is 442 g/mol. The number of methoxy groups -OCH3 is 1. The normalized spacial score (nSPS) is 17.6. The minimum Gasteiger partial charge on any atom is -0.497 e. The van der Waals surface area contributed by atoms with Crippen LogP contribution in [0, 0.1) is 0 Å². The fourth-order valence-corrected chi connectivity index (χ4v) is 4.43. The van der Waals surface area contributed by atoms with Crippen molar-refractivity contribution in [1.82, 2.24) is 5.32 Å².